The molecule has 1 aromatic rings. The minimum Gasteiger partial charge on any atom is -0.143 e. The Morgan fingerprint density at radius 2 is 2.40 bits per heavy atom. The van der Waals surface area contributed by atoms with Gasteiger partial charge in [0, 0.05) is 11.2 Å². The number of rotatable bonds is 2. The zero-order valence-corrected chi connectivity index (χ0v) is 7.78. The molecule has 0 N–H and O–H groups in total. The van der Waals surface area contributed by atoms with Crippen molar-refractivity contribution in [3.05, 3.63) is 10.6 Å². The lowest BCUT2D eigenvalue weighted by molar-refractivity contribution is 0.966. The van der Waals surface area contributed by atoms with Crippen LogP contribution < -0.4 is 0 Å². The number of hydrogen-bond acceptors (Lipinski definition) is 3. The fourth-order valence-corrected chi connectivity index (χ4v) is 2.15. The van der Waals surface area contributed by atoms with Crippen molar-refractivity contribution in [2.45, 2.75) is 24.1 Å². The van der Waals surface area contributed by atoms with Gasteiger partial charge in [0.2, 0.25) is 0 Å². The van der Waals surface area contributed by atoms with E-state index in [1.165, 1.54) is 34.9 Å². The molecule has 4 heteroatoms. The first-order valence-corrected chi connectivity index (χ1v) is 5.18. The number of aromatic nitrogens is 2. The third-order valence-corrected chi connectivity index (χ3v) is 3.34. The lowest BCUT2D eigenvalue weighted by atomic mass is 10.3. The topological polar surface area (TPSA) is 25.8 Å². The van der Waals surface area contributed by atoms with Crippen molar-refractivity contribution in [2.24, 2.45) is 0 Å². The molecule has 1 aromatic heterocycles. The summed E-state index contributed by atoms with van der Waals surface area (Å²) < 4.78 is 3.92. The molecule has 0 aromatic carbocycles. The monoisotopic (exact) mass is 218 g/mol. The molecular formula is C6H7BrN2S. The van der Waals surface area contributed by atoms with E-state index in [2.05, 4.69) is 25.5 Å². The van der Waals surface area contributed by atoms with E-state index >= 15 is 0 Å². The zero-order chi connectivity index (χ0) is 6.97. The molecule has 0 spiro atoms. The number of hydrogen-bond donors (Lipinski definition) is 0. The highest BCUT2D eigenvalue weighted by atomic mass is 79.9. The van der Waals surface area contributed by atoms with Crippen LogP contribution >= 0.6 is 27.5 Å². The van der Waals surface area contributed by atoms with Crippen LogP contribution in [0.25, 0.3) is 0 Å². The van der Waals surface area contributed by atoms with E-state index in [9.17, 15) is 0 Å². The molecule has 0 bridgehead atoms. The Bertz CT molecular complexity index is 231. The predicted molar refractivity (Wildman–Crippen MR) is 44.5 cm³/mol. The number of nitrogens with zero attached hydrogens (tertiary/aromatic N) is 2. The van der Waals surface area contributed by atoms with Crippen LogP contribution in [0.5, 0.6) is 0 Å². The molecule has 1 aliphatic carbocycles. The second-order valence-corrected chi connectivity index (χ2v) is 3.89. The zero-order valence-electron chi connectivity index (χ0n) is 5.38. The van der Waals surface area contributed by atoms with Crippen LogP contribution in [-0.4, -0.2) is 9.59 Å². The second-order valence-electron chi connectivity index (χ2n) is 2.49. The van der Waals surface area contributed by atoms with Crippen molar-refractivity contribution in [1.29, 1.82) is 0 Å². The fraction of sp³-hybridized carbons (Fsp3) is 0.667. The van der Waals surface area contributed by atoms with Crippen LogP contribution in [0, 0.1) is 0 Å². The van der Waals surface area contributed by atoms with E-state index in [0.717, 1.165) is 11.2 Å². The largest absolute Gasteiger partial charge is 0.143 e. The Morgan fingerprint density at radius 3 is 3.00 bits per heavy atom. The molecule has 0 amide bonds. The van der Waals surface area contributed by atoms with Crippen molar-refractivity contribution >= 4 is 27.5 Å². The van der Waals surface area contributed by atoms with Gasteiger partial charge in [-0.1, -0.05) is 20.4 Å². The van der Waals surface area contributed by atoms with Gasteiger partial charge in [-0.05, 0) is 24.4 Å². The van der Waals surface area contributed by atoms with Crippen LogP contribution in [0.2, 0.25) is 0 Å². The second kappa shape index (κ2) is 2.58. The number of halogens is 1. The van der Waals surface area contributed by atoms with E-state index in [4.69, 9.17) is 0 Å². The van der Waals surface area contributed by atoms with Crippen molar-refractivity contribution in [2.75, 3.05) is 0 Å². The summed E-state index contributed by atoms with van der Waals surface area (Å²) >= 11 is 4.92. The van der Waals surface area contributed by atoms with Crippen molar-refractivity contribution in [3.8, 4) is 0 Å². The first-order valence-electron chi connectivity index (χ1n) is 3.29. The first kappa shape index (κ1) is 6.73. The molecule has 2 nitrogen and oxygen atoms in total. The van der Waals surface area contributed by atoms with E-state index < -0.39 is 0 Å². The molecule has 0 saturated heterocycles. The van der Waals surface area contributed by atoms with Crippen molar-refractivity contribution < 1.29 is 0 Å². The average Bonchev–Trinajstić information content (AvgIpc) is 2.69. The molecular weight excluding hydrogens is 212 g/mol. The van der Waals surface area contributed by atoms with Gasteiger partial charge in [0.15, 0.2) is 0 Å². The van der Waals surface area contributed by atoms with Crippen molar-refractivity contribution in [3.63, 3.8) is 0 Å². The van der Waals surface area contributed by atoms with Crippen LogP contribution in [0.1, 0.15) is 29.3 Å². The van der Waals surface area contributed by atoms with E-state index in [0.29, 0.717) is 0 Å². The summed E-state index contributed by atoms with van der Waals surface area (Å²) in [6.45, 7) is 0. The Kier molecular flexibility index (Phi) is 1.74. The molecule has 10 heavy (non-hydrogen) atoms. The molecule has 0 atom stereocenters. The van der Waals surface area contributed by atoms with Crippen molar-refractivity contribution in [1.82, 2.24) is 9.59 Å². The van der Waals surface area contributed by atoms with Crippen LogP contribution in [-0.2, 0) is 5.33 Å². The van der Waals surface area contributed by atoms with E-state index in [1.807, 2.05) is 0 Å². The van der Waals surface area contributed by atoms with Crippen LogP contribution in [0.4, 0.5) is 0 Å². The molecule has 1 saturated carbocycles. The molecule has 0 unspecified atom stereocenters. The quantitative estimate of drug-likeness (QED) is 0.713. The summed E-state index contributed by atoms with van der Waals surface area (Å²) in [4.78, 5) is 1.31. The van der Waals surface area contributed by atoms with E-state index in [1.54, 1.807) is 0 Å². The molecule has 0 aliphatic heterocycles. The smallest absolute Gasteiger partial charge is 0.0827 e. The average molecular weight is 219 g/mol. The standard InChI is InChI=1S/C6H7BrN2S/c7-3-5-6(4-1-2-4)8-9-10-5/h4H,1-3H2. The minimum atomic E-state index is 0.742. The van der Waals surface area contributed by atoms with E-state index in [-0.39, 0.29) is 0 Å². The summed E-state index contributed by atoms with van der Waals surface area (Å²) in [5.41, 5.74) is 1.24. The SMILES string of the molecule is BrCc1snnc1C1CC1. The Hall–Kier alpha value is 0.0400. The van der Waals surface area contributed by atoms with Gasteiger partial charge in [0.05, 0.1) is 10.6 Å². The minimum absolute atomic E-state index is 0.742. The van der Waals surface area contributed by atoms with Gasteiger partial charge >= 0.3 is 0 Å². The van der Waals surface area contributed by atoms with Gasteiger partial charge in [0.25, 0.3) is 0 Å². The van der Waals surface area contributed by atoms with Gasteiger partial charge in [-0.3, -0.25) is 0 Å². The summed E-state index contributed by atoms with van der Waals surface area (Å²) in [7, 11) is 0. The summed E-state index contributed by atoms with van der Waals surface area (Å²) in [6, 6.07) is 0. The maximum Gasteiger partial charge on any atom is 0.0827 e. The third kappa shape index (κ3) is 1.10. The van der Waals surface area contributed by atoms with Crippen LogP contribution in [0.3, 0.4) is 0 Å². The summed E-state index contributed by atoms with van der Waals surface area (Å²) in [5, 5.41) is 5.00. The van der Waals surface area contributed by atoms with Gasteiger partial charge in [0.1, 0.15) is 0 Å². The molecule has 1 heterocycles. The summed E-state index contributed by atoms with van der Waals surface area (Å²) in [5.74, 6) is 0.742. The Balaban J connectivity index is 2.28. The Labute approximate surface area is 71.9 Å². The molecule has 1 aliphatic rings. The highest BCUT2D eigenvalue weighted by molar-refractivity contribution is 9.08. The molecule has 0 radical (unpaired) electrons. The van der Waals surface area contributed by atoms with Crippen LogP contribution in [0.15, 0.2) is 0 Å². The number of alkyl halides is 1. The molecule has 1 fully saturated rings. The van der Waals surface area contributed by atoms with Gasteiger partial charge < -0.3 is 0 Å². The maximum absolute atomic E-state index is 4.09. The van der Waals surface area contributed by atoms with Gasteiger partial charge in [-0.25, -0.2) is 0 Å². The molecule has 54 valence electrons. The third-order valence-electron chi connectivity index (χ3n) is 1.67. The van der Waals surface area contributed by atoms with Gasteiger partial charge in [-0.15, -0.1) is 5.10 Å². The highest BCUT2D eigenvalue weighted by Crippen LogP contribution is 2.41. The lowest BCUT2D eigenvalue weighted by Gasteiger charge is -1.89. The maximum atomic E-state index is 4.09. The normalized spacial score (nSPS) is 17.7. The molecule has 2 rings (SSSR count). The first-order chi connectivity index (χ1) is 4.92. The highest BCUT2D eigenvalue weighted by Gasteiger charge is 2.28. The predicted octanol–water partition coefficient (Wildman–Crippen LogP) is 2.31. The Morgan fingerprint density at radius 1 is 1.60 bits per heavy atom. The van der Waals surface area contributed by atoms with Gasteiger partial charge in [-0.2, -0.15) is 0 Å². The lowest BCUT2D eigenvalue weighted by Crippen LogP contribution is -1.83. The summed E-state index contributed by atoms with van der Waals surface area (Å²) in [6.07, 6.45) is 2.62. The fourth-order valence-electron chi connectivity index (χ4n) is 0.975.